The minimum Gasteiger partial charge on any atom is -0.486 e. The zero-order chi connectivity index (χ0) is 13.0. The van der Waals surface area contributed by atoms with Crippen molar-refractivity contribution in [2.75, 3.05) is 0 Å². The minimum absolute atomic E-state index is 0.198. The predicted molar refractivity (Wildman–Crippen MR) is 71.0 cm³/mol. The lowest BCUT2D eigenvalue weighted by Crippen LogP contribution is -1.98. The van der Waals surface area contributed by atoms with Gasteiger partial charge in [-0.25, -0.2) is 4.39 Å². The normalized spacial score (nSPS) is 10.6. The van der Waals surface area contributed by atoms with Crippen LogP contribution in [0.15, 0.2) is 35.1 Å². The summed E-state index contributed by atoms with van der Waals surface area (Å²) in [7, 11) is 0. The number of halogens is 2. The highest BCUT2D eigenvalue weighted by molar-refractivity contribution is 9.10. The highest BCUT2D eigenvalue weighted by Gasteiger charge is 2.05. The molecule has 0 N–H and O–H groups in total. The van der Waals surface area contributed by atoms with Crippen molar-refractivity contribution in [2.24, 2.45) is 0 Å². The van der Waals surface area contributed by atoms with Crippen LogP contribution in [-0.2, 0) is 13.2 Å². The van der Waals surface area contributed by atoms with Gasteiger partial charge >= 0.3 is 0 Å². The van der Waals surface area contributed by atoms with E-state index in [0.717, 1.165) is 17.4 Å². The molecule has 1 aromatic carbocycles. The monoisotopic (exact) mass is 312 g/mol. The molecule has 0 saturated carbocycles. The fraction of sp³-hybridized carbons (Fsp3) is 0.308. The van der Waals surface area contributed by atoms with Gasteiger partial charge in [0.15, 0.2) is 5.75 Å². The van der Waals surface area contributed by atoms with E-state index in [4.69, 9.17) is 4.74 Å². The third-order valence-corrected chi connectivity index (χ3v) is 2.96. The largest absolute Gasteiger partial charge is 0.486 e. The lowest BCUT2D eigenvalue weighted by atomic mass is 10.2. The van der Waals surface area contributed by atoms with Crippen LogP contribution >= 0.6 is 15.9 Å². The molecule has 18 heavy (non-hydrogen) atoms. The summed E-state index contributed by atoms with van der Waals surface area (Å²) in [5, 5.41) is 4.15. The van der Waals surface area contributed by atoms with Crippen molar-refractivity contribution in [3.8, 4) is 5.75 Å². The molecule has 0 saturated heterocycles. The number of aromatic nitrogens is 2. The molecule has 0 spiro atoms. The van der Waals surface area contributed by atoms with Crippen LogP contribution in [0.4, 0.5) is 4.39 Å². The maximum absolute atomic E-state index is 13.5. The van der Waals surface area contributed by atoms with E-state index in [1.54, 1.807) is 18.3 Å². The quantitative estimate of drug-likeness (QED) is 0.840. The average Bonchev–Trinajstić information content (AvgIpc) is 2.79. The molecule has 1 aromatic heterocycles. The number of benzene rings is 1. The Balaban J connectivity index is 1.99. The topological polar surface area (TPSA) is 27.1 Å². The minimum atomic E-state index is -0.265. The Morgan fingerprint density at radius 2 is 2.28 bits per heavy atom. The number of ether oxygens (including phenoxy) is 1. The molecule has 2 aromatic rings. The Morgan fingerprint density at radius 1 is 1.44 bits per heavy atom. The first-order chi connectivity index (χ1) is 8.69. The predicted octanol–water partition coefficient (Wildman–Crippen LogP) is 3.77. The number of aryl methyl sites for hydroxylation is 1. The van der Waals surface area contributed by atoms with Crippen LogP contribution in [0.5, 0.6) is 5.75 Å². The highest BCUT2D eigenvalue weighted by Crippen LogP contribution is 2.18. The zero-order valence-electron chi connectivity index (χ0n) is 10.1. The maximum Gasteiger partial charge on any atom is 0.157 e. The summed E-state index contributed by atoms with van der Waals surface area (Å²) >= 11 is 3.31. The number of rotatable bonds is 5. The van der Waals surface area contributed by atoms with Crippen LogP contribution in [0, 0.1) is 5.82 Å². The smallest absolute Gasteiger partial charge is 0.157 e. The Bertz CT molecular complexity index is 527. The Labute approximate surface area is 114 Å². The second-order valence-corrected chi connectivity index (χ2v) is 4.88. The van der Waals surface area contributed by atoms with Crippen LogP contribution in [0.1, 0.15) is 18.9 Å². The lowest BCUT2D eigenvalue weighted by molar-refractivity contribution is 0.299. The summed E-state index contributed by atoms with van der Waals surface area (Å²) in [5.74, 6) is 0.391. The van der Waals surface area contributed by atoms with Gasteiger partial charge in [-0.15, -0.1) is 0 Å². The SMILES string of the molecule is CCCn1cc(OCc2cc(Br)ccc2F)cn1. The van der Waals surface area contributed by atoms with Crippen molar-refractivity contribution in [1.82, 2.24) is 9.78 Å². The molecule has 96 valence electrons. The van der Waals surface area contributed by atoms with Crippen LogP contribution in [-0.4, -0.2) is 9.78 Å². The molecular weight excluding hydrogens is 299 g/mol. The van der Waals surface area contributed by atoms with E-state index in [1.165, 1.54) is 6.07 Å². The van der Waals surface area contributed by atoms with Crippen molar-refractivity contribution in [2.45, 2.75) is 26.5 Å². The Morgan fingerprint density at radius 3 is 3.06 bits per heavy atom. The molecule has 0 aliphatic carbocycles. The molecule has 1 heterocycles. The third kappa shape index (κ3) is 3.32. The molecular formula is C13H14BrFN2O. The molecule has 3 nitrogen and oxygen atoms in total. The molecule has 5 heteroatoms. The van der Waals surface area contributed by atoms with Crippen LogP contribution < -0.4 is 4.74 Å². The van der Waals surface area contributed by atoms with E-state index in [-0.39, 0.29) is 12.4 Å². The van der Waals surface area contributed by atoms with E-state index in [2.05, 4.69) is 28.0 Å². The molecule has 0 amide bonds. The number of nitrogens with zero attached hydrogens (tertiary/aromatic N) is 2. The van der Waals surface area contributed by atoms with Gasteiger partial charge in [-0.2, -0.15) is 5.10 Å². The summed E-state index contributed by atoms with van der Waals surface area (Å²) in [4.78, 5) is 0. The van der Waals surface area contributed by atoms with Crippen LogP contribution in [0.25, 0.3) is 0 Å². The molecule has 2 rings (SSSR count). The van der Waals surface area contributed by atoms with Gasteiger partial charge in [0.25, 0.3) is 0 Å². The van der Waals surface area contributed by atoms with Gasteiger partial charge in [0, 0.05) is 16.6 Å². The third-order valence-electron chi connectivity index (χ3n) is 2.46. The van der Waals surface area contributed by atoms with Gasteiger partial charge in [0.1, 0.15) is 12.4 Å². The van der Waals surface area contributed by atoms with E-state index >= 15 is 0 Å². The zero-order valence-corrected chi connectivity index (χ0v) is 11.7. The molecule has 0 fully saturated rings. The van der Waals surface area contributed by atoms with E-state index in [1.807, 2.05) is 10.9 Å². The molecule has 0 bridgehead atoms. The summed E-state index contributed by atoms with van der Waals surface area (Å²) in [5.41, 5.74) is 0.521. The molecule has 0 aliphatic rings. The first-order valence-corrected chi connectivity index (χ1v) is 6.57. The van der Waals surface area contributed by atoms with E-state index in [0.29, 0.717) is 11.3 Å². The number of hydrogen-bond donors (Lipinski definition) is 0. The second-order valence-electron chi connectivity index (χ2n) is 3.96. The first kappa shape index (κ1) is 13.1. The average molecular weight is 313 g/mol. The Kier molecular flexibility index (Phi) is 4.36. The summed E-state index contributed by atoms with van der Waals surface area (Å²) in [6, 6.07) is 4.80. The standard InChI is InChI=1S/C13H14BrFN2O/c1-2-5-17-8-12(7-16-17)18-9-10-6-11(14)3-4-13(10)15/h3-4,6-8H,2,5,9H2,1H3. The van der Waals surface area contributed by atoms with Crippen molar-refractivity contribution in [3.63, 3.8) is 0 Å². The Hall–Kier alpha value is -1.36. The number of hydrogen-bond acceptors (Lipinski definition) is 2. The van der Waals surface area contributed by atoms with Crippen LogP contribution in [0.3, 0.4) is 0 Å². The second kappa shape index (κ2) is 6.00. The lowest BCUT2D eigenvalue weighted by Gasteiger charge is -2.05. The molecule has 0 unspecified atom stereocenters. The van der Waals surface area contributed by atoms with Gasteiger partial charge in [0.2, 0.25) is 0 Å². The summed E-state index contributed by atoms with van der Waals surface area (Å²) in [6.07, 6.45) is 4.48. The van der Waals surface area contributed by atoms with Gasteiger partial charge in [0.05, 0.1) is 12.4 Å². The highest BCUT2D eigenvalue weighted by atomic mass is 79.9. The fourth-order valence-electron chi connectivity index (χ4n) is 1.59. The fourth-order valence-corrected chi connectivity index (χ4v) is 1.99. The van der Waals surface area contributed by atoms with Gasteiger partial charge in [-0.05, 0) is 24.6 Å². The van der Waals surface area contributed by atoms with Crippen molar-refractivity contribution in [3.05, 3.63) is 46.4 Å². The van der Waals surface area contributed by atoms with Crippen molar-refractivity contribution < 1.29 is 9.13 Å². The van der Waals surface area contributed by atoms with Gasteiger partial charge in [-0.1, -0.05) is 22.9 Å². The van der Waals surface area contributed by atoms with E-state index < -0.39 is 0 Å². The first-order valence-electron chi connectivity index (χ1n) is 5.78. The van der Waals surface area contributed by atoms with Crippen molar-refractivity contribution in [1.29, 1.82) is 0 Å². The molecule has 0 atom stereocenters. The van der Waals surface area contributed by atoms with Gasteiger partial charge in [-0.3, -0.25) is 4.68 Å². The van der Waals surface area contributed by atoms with E-state index in [9.17, 15) is 4.39 Å². The van der Waals surface area contributed by atoms with Crippen LogP contribution in [0.2, 0.25) is 0 Å². The summed E-state index contributed by atoms with van der Waals surface area (Å²) < 4.78 is 21.6. The van der Waals surface area contributed by atoms with Crippen molar-refractivity contribution >= 4 is 15.9 Å². The molecule has 0 aliphatic heterocycles. The summed E-state index contributed by atoms with van der Waals surface area (Å²) in [6.45, 7) is 3.14. The maximum atomic E-state index is 13.5. The molecule has 0 radical (unpaired) electrons. The van der Waals surface area contributed by atoms with Gasteiger partial charge < -0.3 is 4.74 Å².